The Bertz CT molecular complexity index is 427. The van der Waals surface area contributed by atoms with Crippen LogP contribution < -0.4 is 4.90 Å². The number of benzene rings is 1. The van der Waals surface area contributed by atoms with Gasteiger partial charge in [0.1, 0.15) is 0 Å². The van der Waals surface area contributed by atoms with Crippen LogP contribution in [0.4, 0.5) is 5.69 Å². The monoisotopic (exact) mass is 291 g/mol. The molecule has 1 aromatic carbocycles. The fourth-order valence-corrected chi connectivity index (χ4v) is 2.33. The summed E-state index contributed by atoms with van der Waals surface area (Å²) in [5.74, 6) is 0.440. The van der Waals surface area contributed by atoms with Crippen molar-refractivity contribution in [1.29, 1.82) is 0 Å². The van der Waals surface area contributed by atoms with E-state index in [-0.39, 0.29) is 0 Å². The van der Waals surface area contributed by atoms with Crippen LogP contribution in [0.2, 0.25) is 0 Å². The second-order valence-electron chi connectivity index (χ2n) is 4.96. The van der Waals surface area contributed by atoms with Crippen LogP contribution in [0.25, 0.3) is 0 Å². The molecule has 3 heteroatoms. The zero-order valence-corrected chi connectivity index (χ0v) is 13.6. The quantitative estimate of drug-likeness (QED) is 0.402. The van der Waals surface area contributed by atoms with Crippen molar-refractivity contribution in [3.8, 4) is 0 Å². The van der Waals surface area contributed by atoms with Crippen molar-refractivity contribution >= 4 is 23.1 Å². The smallest absolute Gasteiger partial charge is 0.263 e. The maximum Gasteiger partial charge on any atom is 0.263 e. The SMILES string of the molecule is C=CC(CCCCC)c1ccc(N(C)C(=S)OC)cc1. The van der Waals surface area contributed by atoms with Crippen LogP contribution in [-0.2, 0) is 4.74 Å². The molecule has 0 amide bonds. The topological polar surface area (TPSA) is 12.5 Å². The lowest BCUT2D eigenvalue weighted by atomic mass is 9.93. The number of rotatable bonds is 7. The van der Waals surface area contributed by atoms with Crippen molar-refractivity contribution in [2.75, 3.05) is 19.1 Å². The molecule has 0 N–H and O–H groups in total. The normalized spacial score (nSPS) is 11.8. The average Bonchev–Trinajstić information content (AvgIpc) is 2.50. The van der Waals surface area contributed by atoms with Crippen LogP contribution in [0.5, 0.6) is 0 Å². The van der Waals surface area contributed by atoms with Gasteiger partial charge in [0.15, 0.2) is 0 Å². The summed E-state index contributed by atoms with van der Waals surface area (Å²) in [5.41, 5.74) is 2.36. The Morgan fingerprint density at radius 3 is 2.50 bits per heavy atom. The van der Waals surface area contributed by atoms with Gasteiger partial charge in [-0.15, -0.1) is 6.58 Å². The zero-order valence-electron chi connectivity index (χ0n) is 12.8. The van der Waals surface area contributed by atoms with Crippen molar-refractivity contribution in [2.24, 2.45) is 0 Å². The van der Waals surface area contributed by atoms with Crippen LogP contribution >= 0.6 is 12.2 Å². The second-order valence-corrected chi connectivity index (χ2v) is 5.31. The van der Waals surface area contributed by atoms with E-state index < -0.39 is 0 Å². The Hall–Kier alpha value is -1.35. The van der Waals surface area contributed by atoms with Gasteiger partial charge in [0, 0.05) is 18.7 Å². The van der Waals surface area contributed by atoms with Crippen LogP contribution in [-0.4, -0.2) is 19.3 Å². The molecule has 0 aliphatic heterocycles. The van der Waals surface area contributed by atoms with E-state index in [4.69, 9.17) is 17.0 Å². The summed E-state index contributed by atoms with van der Waals surface area (Å²) < 4.78 is 5.07. The predicted octanol–water partition coefficient (Wildman–Crippen LogP) is 4.90. The standard InChI is InChI=1S/C17H25NOS/c1-5-7-8-9-14(6-2)15-10-12-16(13-11-15)18(3)17(20)19-4/h6,10-14H,2,5,7-9H2,1,3-4H3. The van der Waals surface area contributed by atoms with Gasteiger partial charge in [-0.2, -0.15) is 0 Å². The molecule has 0 fully saturated rings. The average molecular weight is 291 g/mol. The molecular weight excluding hydrogens is 266 g/mol. The first-order valence-electron chi connectivity index (χ1n) is 7.18. The highest BCUT2D eigenvalue weighted by molar-refractivity contribution is 7.80. The summed E-state index contributed by atoms with van der Waals surface area (Å²) in [7, 11) is 3.50. The van der Waals surface area contributed by atoms with Gasteiger partial charge in [0.2, 0.25) is 0 Å². The van der Waals surface area contributed by atoms with Crippen molar-refractivity contribution in [3.63, 3.8) is 0 Å². The van der Waals surface area contributed by atoms with Crippen LogP contribution in [0.3, 0.4) is 0 Å². The van der Waals surface area contributed by atoms with E-state index in [0.29, 0.717) is 11.1 Å². The van der Waals surface area contributed by atoms with E-state index in [9.17, 15) is 0 Å². The molecule has 0 radical (unpaired) electrons. The van der Waals surface area contributed by atoms with E-state index in [2.05, 4.69) is 37.8 Å². The van der Waals surface area contributed by atoms with Crippen LogP contribution in [0.15, 0.2) is 36.9 Å². The van der Waals surface area contributed by atoms with Gasteiger partial charge in [-0.25, -0.2) is 0 Å². The van der Waals surface area contributed by atoms with Crippen molar-refractivity contribution < 1.29 is 4.74 Å². The Kier molecular flexibility index (Phi) is 7.31. The minimum atomic E-state index is 0.440. The van der Waals surface area contributed by atoms with E-state index in [0.717, 1.165) is 5.69 Å². The fourth-order valence-electron chi connectivity index (χ4n) is 2.22. The molecule has 0 spiro atoms. The van der Waals surface area contributed by atoms with E-state index in [1.165, 1.54) is 31.2 Å². The van der Waals surface area contributed by atoms with Gasteiger partial charge in [0.05, 0.1) is 7.11 Å². The summed E-state index contributed by atoms with van der Waals surface area (Å²) >= 11 is 5.13. The molecule has 0 aliphatic carbocycles. The lowest BCUT2D eigenvalue weighted by molar-refractivity contribution is 0.405. The third-order valence-electron chi connectivity index (χ3n) is 3.56. The van der Waals surface area contributed by atoms with Crippen LogP contribution in [0, 0.1) is 0 Å². The summed E-state index contributed by atoms with van der Waals surface area (Å²) in [4.78, 5) is 1.86. The highest BCUT2D eigenvalue weighted by atomic mass is 32.1. The highest BCUT2D eigenvalue weighted by Gasteiger charge is 2.10. The van der Waals surface area contributed by atoms with E-state index >= 15 is 0 Å². The maximum atomic E-state index is 5.13. The van der Waals surface area contributed by atoms with Gasteiger partial charge in [-0.05, 0) is 36.3 Å². The highest BCUT2D eigenvalue weighted by Crippen LogP contribution is 2.25. The number of hydrogen-bond acceptors (Lipinski definition) is 2. The van der Waals surface area contributed by atoms with E-state index in [1.807, 2.05) is 18.0 Å². The molecule has 1 unspecified atom stereocenters. The number of hydrogen-bond donors (Lipinski definition) is 0. The molecule has 0 bridgehead atoms. The number of ether oxygens (including phenoxy) is 1. The summed E-state index contributed by atoms with van der Waals surface area (Å²) in [6.07, 6.45) is 7.01. The number of allylic oxidation sites excluding steroid dienone is 1. The Morgan fingerprint density at radius 1 is 1.35 bits per heavy atom. The van der Waals surface area contributed by atoms with Gasteiger partial charge >= 0.3 is 0 Å². The summed E-state index contributed by atoms with van der Waals surface area (Å²) in [6, 6.07) is 8.47. The Labute approximate surface area is 128 Å². The zero-order chi connectivity index (χ0) is 15.0. The number of nitrogens with zero attached hydrogens (tertiary/aromatic N) is 1. The molecule has 1 atom stereocenters. The largest absolute Gasteiger partial charge is 0.474 e. The minimum absolute atomic E-state index is 0.440. The number of anilines is 1. The number of methoxy groups -OCH3 is 1. The third-order valence-corrected chi connectivity index (χ3v) is 4.00. The number of thiocarbonyl (C=S) groups is 1. The Morgan fingerprint density at radius 2 is 2.00 bits per heavy atom. The molecule has 1 aromatic rings. The van der Waals surface area contributed by atoms with Gasteiger partial charge in [-0.3, -0.25) is 0 Å². The molecular formula is C17H25NOS. The molecule has 0 saturated carbocycles. The first kappa shape index (κ1) is 16.7. The second kappa shape index (κ2) is 8.75. The summed E-state index contributed by atoms with van der Waals surface area (Å²) in [5, 5.41) is 0.473. The fraction of sp³-hybridized carbons (Fsp3) is 0.471. The lowest BCUT2D eigenvalue weighted by Gasteiger charge is -2.19. The van der Waals surface area contributed by atoms with Gasteiger partial charge in [0.25, 0.3) is 5.17 Å². The summed E-state index contributed by atoms with van der Waals surface area (Å²) in [6.45, 7) is 6.19. The third kappa shape index (κ3) is 4.64. The van der Waals surface area contributed by atoms with E-state index in [1.54, 1.807) is 7.11 Å². The van der Waals surface area contributed by atoms with Crippen molar-refractivity contribution in [1.82, 2.24) is 0 Å². The van der Waals surface area contributed by atoms with Crippen molar-refractivity contribution in [3.05, 3.63) is 42.5 Å². The molecule has 20 heavy (non-hydrogen) atoms. The Balaban J connectivity index is 2.73. The molecule has 110 valence electrons. The molecule has 0 aliphatic rings. The van der Waals surface area contributed by atoms with Crippen molar-refractivity contribution in [2.45, 2.75) is 38.5 Å². The number of unbranched alkanes of at least 4 members (excludes halogenated alkanes) is 2. The van der Waals surface area contributed by atoms with Gasteiger partial charge in [-0.1, -0.05) is 44.4 Å². The predicted molar refractivity (Wildman–Crippen MR) is 91.5 cm³/mol. The van der Waals surface area contributed by atoms with Crippen LogP contribution in [0.1, 0.15) is 44.1 Å². The first-order chi connectivity index (χ1) is 9.63. The molecule has 2 nitrogen and oxygen atoms in total. The minimum Gasteiger partial charge on any atom is -0.474 e. The van der Waals surface area contributed by atoms with Gasteiger partial charge < -0.3 is 9.64 Å². The molecule has 1 rings (SSSR count). The molecule has 0 saturated heterocycles. The molecule has 0 aromatic heterocycles. The first-order valence-corrected chi connectivity index (χ1v) is 7.59. The lowest BCUT2D eigenvalue weighted by Crippen LogP contribution is -2.25. The maximum absolute atomic E-state index is 5.13. The molecule has 0 heterocycles.